The van der Waals surface area contributed by atoms with Gasteiger partial charge in [-0.25, -0.2) is 5.43 Å². The lowest BCUT2D eigenvalue weighted by atomic mass is 10.1. The third kappa shape index (κ3) is 2.75. The van der Waals surface area contributed by atoms with E-state index in [1.54, 1.807) is 11.3 Å². The average molecular weight is 326 g/mol. The SMILES string of the molecule is CN(C)c1cccc(C(NN)c2sccc2Br)c1. The molecule has 1 unspecified atom stereocenters. The fourth-order valence-corrected chi connectivity index (χ4v) is 3.51. The lowest BCUT2D eigenvalue weighted by Gasteiger charge is -2.19. The molecular weight excluding hydrogens is 310 g/mol. The summed E-state index contributed by atoms with van der Waals surface area (Å²) in [6, 6.07) is 10.4. The quantitative estimate of drug-likeness (QED) is 0.670. The Labute approximate surface area is 120 Å². The third-order valence-electron chi connectivity index (χ3n) is 2.79. The first-order valence-electron chi connectivity index (χ1n) is 5.59. The summed E-state index contributed by atoms with van der Waals surface area (Å²) >= 11 is 5.25. The first-order valence-corrected chi connectivity index (χ1v) is 7.27. The van der Waals surface area contributed by atoms with Gasteiger partial charge < -0.3 is 4.90 Å². The van der Waals surface area contributed by atoms with Crippen molar-refractivity contribution in [1.29, 1.82) is 0 Å². The first-order chi connectivity index (χ1) is 8.63. The molecule has 5 heteroatoms. The molecular formula is C13H16BrN3S. The highest BCUT2D eigenvalue weighted by molar-refractivity contribution is 9.10. The van der Waals surface area contributed by atoms with Crippen molar-refractivity contribution in [3.8, 4) is 0 Å². The van der Waals surface area contributed by atoms with E-state index in [2.05, 4.69) is 55.9 Å². The van der Waals surface area contributed by atoms with Gasteiger partial charge in [0.2, 0.25) is 0 Å². The van der Waals surface area contributed by atoms with Crippen molar-refractivity contribution in [2.45, 2.75) is 6.04 Å². The Morgan fingerprint density at radius 1 is 1.33 bits per heavy atom. The zero-order valence-electron chi connectivity index (χ0n) is 10.4. The molecule has 0 aliphatic carbocycles. The van der Waals surface area contributed by atoms with Gasteiger partial charge in [0.1, 0.15) is 0 Å². The van der Waals surface area contributed by atoms with Crippen molar-refractivity contribution in [3.63, 3.8) is 0 Å². The van der Waals surface area contributed by atoms with Crippen molar-refractivity contribution in [2.75, 3.05) is 19.0 Å². The molecule has 1 atom stereocenters. The number of hydrazine groups is 1. The van der Waals surface area contributed by atoms with Gasteiger partial charge in [0.25, 0.3) is 0 Å². The fraction of sp³-hybridized carbons (Fsp3) is 0.231. The highest BCUT2D eigenvalue weighted by Gasteiger charge is 2.17. The van der Waals surface area contributed by atoms with E-state index in [4.69, 9.17) is 5.84 Å². The van der Waals surface area contributed by atoms with Crippen LogP contribution >= 0.6 is 27.3 Å². The number of nitrogens with one attached hydrogen (secondary N) is 1. The van der Waals surface area contributed by atoms with Crippen LogP contribution in [0.25, 0.3) is 0 Å². The second-order valence-electron chi connectivity index (χ2n) is 4.22. The number of nitrogens with two attached hydrogens (primary N) is 1. The molecule has 1 heterocycles. The monoisotopic (exact) mass is 325 g/mol. The molecule has 1 aromatic carbocycles. The van der Waals surface area contributed by atoms with Crippen LogP contribution in [0.2, 0.25) is 0 Å². The molecule has 3 N–H and O–H groups in total. The molecule has 0 saturated heterocycles. The Bertz CT molecular complexity index is 524. The lowest BCUT2D eigenvalue weighted by Crippen LogP contribution is -2.28. The van der Waals surface area contributed by atoms with Gasteiger partial charge in [-0.1, -0.05) is 12.1 Å². The van der Waals surface area contributed by atoms with E-state index >= 15 is 0 Å². The lowest BCUT2D eigenvalue weighted by molar-refractivity contribution is 0.644. The van der Waals surface area contributed by atoms with Crippen LogP contribution in [0.1, 0.15) is 16.5 Å². The van der Waals surface area contributed by atoms with Gasteiger partial charge >= 0.3 is 0 Å². The molecule has 0 radical (unpaired) electrons. The maximum Gasteiger partial charge on any atom is 0.0814 e. The second-order valence-corrected chi connectivity index (χ2v) is 6.02. The highest BCUT2D eigenvalue weighted by Crippen LogP contribution is 2.33. The van der Waals surface area contributed by atoms with E-state index in [9.17, 15) is 0 Å². The summed E-state index contributed by atoms with van der Waals surface area (Å²) in [5, 5.41) is 2.06. The minimum absolute atomic E-state index is 0.0132. The van der Waals surface area contributed by atoms with Gasteiger partial charge in [0, 0.05) is 29.1 Å². The molecule has 0 fully saturated rings. The van der Waals surface area contributed by atoms with E-state index in [-0.39, 0.29) is 6.04 Å². The topological polar surface area (TPSA) is 41.3 Å². The van der Waals surface area contributed by atoms with E-state index < -0.39 is 0 Å². The first kappa shape index (κ1) is 13.5. The molecule has 0 saturated carbocycles. The predicted molar refractivity (Wildman–Crippen MR) is 82.0 cm³/mol. The minimum atomic E-state index is 0.0132. The van der Waals surface area contributed by atoms with E-state index in [0.717, 1.165) is 10.0 Å². The zero-order chi connectivity index (χ0) is 13.1. The summed E-state index contributed by atoms with van der Waals surface area (Å²) in [6.07, 6.45) is 0. The molecule has 0 spiro atoms. The van der Waals surface area contributed by atoms with Gasteiger partial charge in [-0.3, -0.25) is 5.84 Å². The Morgan fingerprint density at radius 2 is 2.11 bits per heavy atom. The number of nitrogens with zero attached hydrogens (tertiary/aromatic N) is 1. The standard InChI is InChI=1S/C13H16BrN3S/c1-17(2)10-5-3-4-9(8-10)12(16-15)13-11(14)6-7-18-13/h3-8,12,16H,15H2,1-2H3. The van der Waals surface area contributed by atoms with Gasteiger partial charge in [-0.15, -0.1) is 11.3 Å². The van der Waals surface area contributed by atoms with Crippen LogP contribution in [0.5, 0.6) is 0 Å². The molecule has 2 aromatic rings. The minimum Gasteiger partial charge on any atom is -0.378 e. The molecule has 0 amide bonds. The number of hydrogen-bond acceptors (Lipinski definition) is 4. The smallest absolute Gasteiger partial charge is 0.0814 e. The summed E-state index contributed by atoms with van der Waals surface area (Å²) in [5.74, 6) is 5.71. The molecule has 1 aromatic heterocycles. The van der Waals surface area contributed by atoms with Gasteiger partial charge in [0.05, 0.1) is 6.04 Å². The molecule has 2 rings (SSSR count). The fourth-order valence-electron chi connectivity index (χ4n) is 1.82. The van der Waals surface area contributed by atoms with Crippen LogP contribution in [0.4, 0.5) is 5.69 Å². The highest BCUT2D eigenvalue weighted by atomic mass is 79.9. The molecule has 0 bridgehead atoms. The summed E-state index contributed by atoms with van der Waals surface area (Å²) < 4.78 is 1.09. The van der Waals surface area contributed by atoms with Crippen LogP contribution in [0.15, 0.2) is 40.2 Å². The Hall–Kier alpha value is -0.880. The van der Waals surface area contributed by atoms with Crippen molar-refractivity contribution >= 4 is 33.0 Å². The van der Waals surface area contributed by atoms with Crippen molar-refractivity contribution in [2.24, 2.45) is 5.84 Å². The largest absolute Gasteiger partial charge is 0.378 e. The summed E-state index contributed by atoms with van der Waals surface area (Å²) in [6.45, 7) is 0. The normalized spacial score (nSPS) is 12.4. The summed E-state index contributed by atoms with van der Waals surface area (Å²) in [5.41, 5.74) is 5.22. The van der Waals surface area contributed by atoms with E-state index in [1.807, 2.05) is 20.2 Å². The summed E-state index contributed by atoms with van der Waals surface area (Å²) in [4.78, 5) is 3.27. The molecule has 0 aliphatic rings. The van der Waals surface area contributed by atoms with Crippen molar-refractivity contribution in [1.82, 2.24) is 5.43 Å². The number of benzene rings is 1. The Morgan fingerprint density at radius 3 is 2.67 bits per heavy atom. The van der Waals surface area contributed by atoms with Crippen LogP contribution in [-0.4, -0.2) is 14.1 Å². The van der Waals surface area contributed by atoms with Crippen LogP contribution in [-0.2, 0) is 0 Å². The molecule has 18 heavy (non-hydrogen) atoms. The maximum atomic E-state index is 5.71. The Balaban J connectivity index is 2.39. The van der Waals surface area contributed by atoms with Crippen molar-refractivity contribution in [3.05, 3.63) is 50.6 Å². The zero-order valence-corrected chi connectivity index (χ0v) is 12.8. The maximum absolute atomic E-state index is 5.71. The van der Waals surface area contributed by atoms with Gasteiger partial charge in [-0.2, -0.15) is 0 Å². The van der Waals surface area contributed by atoms with E-state index in [1.165, 1.54) is 10.6 Å². The molecule has 96 valence electrons. The summed E-state index contributed by atoms with van der Waals surface area (Å²) in [7, 11) is 4.07. The number of rotatable bonds is 4. The van der Waals surface area contributed by atoms with Gasteiger partial charge in [0.15, 0.2) is 0 Å². The predicted octanol–water partition coefficient (Wildman–Crippen LogP) is 3.13. The third-order valence-corrected chi connectivity index (χ3v) is 4.73. The molecule has 0 aliphatic heterocycles. The Kier molecular flexibility index (Phi) is 4.40. The van der Waals surface area contributed by atoms with Gasteiger partial charge in [-0.05, 0) is 45.1 Å². The van der Waals surface area contributed by atoms with Crippen LogP contribution < -0.4 is 16.2 Å². The number of thiophene rings is 1. The average Bonchev–Trinajstić information content (AvgIpc) is 2.77. The van der Waals surface area contributed by atoms with Crippen LogP contribution in [0.3, 0.4) is 0 Å². The number of anilines is 1. The molecule has 3 nitrogen and oxygen atoms in total. The van der Waals surface area contributed by atoms with E-state index in [0.29, 0.717) is 0 Å². The number of halogens is 1. The van der Waals surface area contributed by atoms with Crippen LogP contribution in [0, 0.1) is 0 Å². The van der Waals surface area contributed by atoms with Crippen molar-refractivity contribution < 1.29 is 0 Å². The second kappa shape index (κ2) is 5.84. The number of hydrogen-bond donors (Lipinski definition) is 2.